The second kappa shape index (κ2) is 6.90. The average molecular weight is 288 g/mol. The molecule has 0 bridgehead atoms. The lowest BCUT2D eigenvalue weighted by atomic mass is 10.4. The number of aromatic nitrogens is 1. The first-order valence-electron chi connectivity index (χ1n) is 5.57. The number of nitrogens with zero attached hydrogens (tertiary/aromatic N) is 1. The lowest BCUT2D eigenvalue weighted by Gasteiger charge is -2.08. The number of primary amides is 1. The summed E-state index contributed by atoms with van der Waals surface area (Å²) in [6, 6.07) is 2.79. The molecule has 0 aromatic carbocycles. The van der Waals surface area contributed by atoms with Gasteiger partial charge < -0.3 is 15.8 Å². The number of rotatable bonds is 7. The number of sulfonamides is 1. The van der Waals surface area contributed by atoms with Crippen LogP contribution in [0.25, 0.3) is 0 Å². The third kappa shape index (κ3) is 5.10. The average Bonchev–Trinajstić information content (AvgIpc) is 2.35. The van der Waals surface area contributed by atoms with E-state index in [0.717, 1.165) is 0 Å². The van der Waals surface area contributed by atoms with Crippen molar-refractivity contribution < 1.29 is 17.9 Å². The van der Waals surface area contributed by atoms with Crippen LogP contribution >= 0.6 is 0 Å². The van der Waals surface area contributed by atoms with Crippen molar-refractivity contribution in [3.63, 3.8) is 0 Å². The number of carbonyl (C=O) groups excluding carboxylic acids is 1. The second-order valence-corrected chi connectivity index (χ2v) is 5.24. The highest BCUT2D eigenvalue weighted by atomic mass is 32.2. The number of hydrogen-bond acceptors (Lipinski definition) is 6. The fraction of sp³-hybridized carbons (Fsp3) is 0.400. The Kier molecular flexibility index (Phi) is 5.52. The predicted octanol–water partition coefficient (Wildman–Crippen LogP) is -0.113. The van der Waals surface area contributed by atoms with Crippen molar-refractivity contribution in [2.24, 2.45) is 5.73 Å². The van der Waals surface area contributed by atoms with E-state index in [4.69, 9.17) is 5.73 Å². The molecule has 0 fully saturated rings. The van der Waals surface area contributed by atoms with Gasteiger partial charge in [-0.05, 0) is 13.0 Å². The third-order valence-electron chi connectivity index (χ3n) is 2.04. The highest BCUT2D eigenvalue weighted by Gasteiger charge is 2.14. The minimum absolute atomic E-state index is 0.0515. The normalized spacial score (nSPS) is 11.0. The summed E-state index contributed by atoms with van der Waals surface area (Å²) < 4.78 is 30.5. The van der Waals surface area contributed by atoms with Gasteiger partial charge in [0, 0.05) is 25.4 Å². The van der Waals surface area contributed by atoms with Gasteiger partial charge in [0.05, 0.1) is 4.90 Å². The van der Waals surface area contributed by atoms with Crippen LogP contribution in [0.3, 0.4) is 0 Å². The maximum absolute atomic E-state index is 11.9. The number of carbonyl (C=O) groups is 1. The van der Waals surface area contributed by atoms with Crippen LogP contribution in [0, 0.1) is 0 Å². The molecule has 1 aromatic heterocycles. The zero-order valence-corrected chi connectivity index (χ0v) is 11.2. The highest BCUT2D eigenvalue weighted by Crippen LogP contribution is 2.12. The zero-order chi connectivity index (χ0) is 14.3. The summed E-state index contributed by atoms with van der Waals surface area (Å²) in [6.45, 7) is 2.34. The minimum atomic E-state index is -3.66. The number of amides is 1. The van der Waals surface area contributed by atoms with E-state index < -0.39 is 16.1 Å². The number of nitrogens with two attached hydrogens (primary N) is 1. The van der Waals surface area contributed by atoms with Crippen LogP contribution in [0.2, 0.25) is 0 Å². The SMILES string of the molecule is CCNc1cc(S(=O)(=O)NCCOC(N)=O)ccn1. The molecule has 1 aromatic rings. The molecule has 0 atom stereocenters. The lowest BCUT2D eigenvalue weighted by Crippen LogP contribution is -2.29. The highest BCUT2D eigenvalue weighted by molar-refractivity contribution is 7.89. The quantitative estimate of drug-likeness (QED) is 0.601. The molecule has 8 nitrogen and oxygen atoms in total. The molecule has 9 heteroatoms. The Morgan fingerprint density at radius 1 is 1.53 bits per heavy atom. The Morgan fingerprint density at radius 3 is 2.89 bits per heavy atom. The van der Waals surface area contributed by atoms with Gasteiger partial charge >= 0.3 is 6.09 Å². The van der Waals surface area contributed by atoms with Crippen LogP contribution < -0.4 is 15.8 Å². The van der Waals surface area contributed by atoms with E-state index in [0.29, 0.717) is 12.4 Å². The Labute approximate surface area is 111 Å². The van der Waals surface area contributed by atoms with Crippen LogP contribution in [0.15, 0.2) is 23.2 Å². The molecule has 106 valence electrons. The maximum Gasteiger partial charge on any atom is 0.404 e. The van der Waals surface area contributed by atoms with Gasteiger partial charge in [0.2, 0.25) is 10.0 Å². The maximum atomic E-state index is 11.9. The molecule has 0 saturated carbocycles. The zero-order valence-electron chi connectivity index (χ0n) is 10.4. The first-order valence-corrected chi connectivity index (χ1v) is 7.06. The fourth-order valence-corrected chi connectivity index (χ4v) is 2.29. The topological polar surface area (TPSA) is 123 Å². The van der Waals surface area contributed by atoms with E-state index >= 15 is 0 Å². The molecular weight excluding hydrogens is 272 g/mol. The summed E-state index contributed by atoms with van der Waals surface area (Å²) in [4.78, 5) is 14.4. The van der Waals surface area contributed by atoms with Crippen molar-refractivity contribution >= 4 is 21.9 Å². The summed E-state index contributed by atoms with van der Waals surface area (Å²) >= 11 is 0. The molecular formula is C10H16N4O4S. The lowest BCUT2D eigenvalue weighted by molar-refractivity contribution is 0.159. The molecule has 1 rings (SSSR count). The molecule has 0 saturated heterocycles. The van der Waals surface area contributed by atoms with Gasteiger partial charge in [-0.3, -0.25) is 0 Å². The second-order valence-electron chi connectivity index (χ2n) is 3.47. The molecule has 0 unspecified atom stereocenters. The first-order chi connectivity index (χ1) is 8.95. The largest absolute Gasteiger partial charge is 0.448 e. The molecule has 0 aliphatic carbocycles. The number of nitrogens with one attached hydrogen (secondary N) is 2. The van der Waals surface area contributed by atoms with Gasteiger partial charge in [-0.1, -0.05) is 0 Å². The van der Waals surface area contributed by atoms with Gasteiger partial charge in [0.1, 0.15) is 12.4 Å². The van der Waals surface area contributed by atoms with Crippen molar-refractivity contribution in [1.29, 1.82) is 0 Å². The fourth-order valence-electron chi connectivity index (χ4n) is 1.27. The Hall–Kier alpha value is -1.87. The van der Waals surface area contributed by atoms with E-state index in [1.165, 1.54) is 18.3 Å². The molecule has 0 radical (unpaired) electrons. The summed E-state index contributed by atoms with van der Waals surface area (Å²) in [7, 11) is -3.66. The summed E-state index contributed by atoms with van der Waals surface area (Å²) in [5, 5.41) is 2.91. The minimum Gasteiger partial charge on any atom is -0.448 e. The van der Waals surface area contributed by atoms with Crippen molar-refractivity contribution in [1.82, 2.24) is 9.71 Å². The number of anilines is 1. The van der Waals surface area contributed by atoms with Crippen molar-refractivity contribution in [3.8, 4) is 0 Å². The van der Waals surface area contributed by atoms with Crippen molar-refractivity contribution in [2.75, 3.05) is 25.0 Å². The Bertz CT molecular complexity index is 532. The van der Waals surface area contributed by atoms with E-state index in [1.54, 1.807) is 0 Å². The Morgan fingerprint density at radius 2 is 2.26 bits per heavy atom. The molecule has 1 heterocycles. The molecule has 1 amide bonds. The summed E-state index contributed by atoms with van der Waals surface area (Å²) in [6.07, 6.45) is 0.449. The van der Waals surface area contributed by atoms with Gasteiger partial charge in [-0.15, -0.1) is 0 Å². The first kappa shape index (κ1) is 15.2. The molecule has 0 spiro atoms. The summed E-state index contributed by atoms with van der Waals surface area (Å²) in [5.74, 6) is 0.471. The number of pyridine rings is 1. The molecule has 19 heavy (non-hydrogen) atoms. The van der Waals surface area contributed by atoms with Gasteiger partial charge in [0.25, 0.3) is 0 Å². The third-order valence-corrected chi connectivity index (χ3v) is 3.50. The molecule has 4 N–H and O–H groups in total. The Balaban J connectivity index is 2.66. The number of ether oxygens (including phenoxy) is 1. The summed E-state index contributed by atoms with van der Waals surface area (Å²) in [5.41, 5.74) is 4.75. The van der Waals surface area contributed by atoms with E-state index in [-0.39, 0.29) is 18.0 Å². The molecule has 0 aliphatic rings. The van der Waals surface area contributed by atoms with Gasteiger partial charge in [0.15, 0.2) is 0 Å². The van der Waals surface area contributed by atoms with Crippen LogP contribution in [0.5, 0.6) is 0 Å². The van der Waals surface area contributed by atoms with Crippen LogP contribution in [-0.2, 0) is 14.8 Å². The van der Waals surface area contributed by atoms with E-state index in [2.05, 4.69) is 19.8 Å². The van der Waals surface area contributed by atoms with Crippen molar-refractivity contribution in [2.45, 2.75) is 11.8 Å². The van der Waals surface area contributed by atoms with Crippen LogP contribution in [0.4, 0.5) is 10.6 Å². The molecule has 0 aliphatic heterocycles. The number of hydrogen-bond donors (Lipinski definition) is 3. The van der Waals surface area contributed by atoms with Gasteiger partial charge in [-0.2, -0.15) is 0 Å². The van der Waals surface area contributed by atoms with E-state index in [9.17, 15) is 13.2 Å². The smallest absolute Gasteiger partial charge is 0.404 e. The van der Waals surface area contributed by atoms with Crippen molar-refractivity contribution in [3.05, 3.63) is 18.3 Å². The van der Waals surface area contributed by atoms with Crippen LogP contribution in [0.1, 0.15) is 6.92 Å². The van der Waals surface area contributed by atoms with E-state index in [1.807, 2.05) is 6.92 Å². The standard InChI is InChI=1S/C10H16N4O4S/c1-2-12-9-7-8(3-4-13-9)19(16,17)14-5-6-18-10(11)15/h3-4,7,14H,2,5-6H2,1H3,(H2,11,15)(H,12,13). The predicted molar refractivity (Wildman–Crippen MR) is 69.1 cm³/mol. The van der Waals surface area contributed by atoms with Gasteiger partial charge in [-0.25, -0.2) is 22.9 Å². The monoisotopic (exact) mass is 288 g/mol. The van der Waals surface area contributed by atoms with Crippen LogP contribution in [-0.4, -0.2) is 39.2 Å².